The Bertz CT molecular complexity index is 977. The molecule has 0 atom stereocenters. The number of hydrogen-bond acceptors (Lipinski definition) is 5. The van der Waals surface area contributed by atoms with Crippen molar-refractivity contribution in [1.29, 1.82) is 0 Å². The standard InChI is InChI=1S/C22H22FN3O3/c1-28-18-11-7-15(8-12-18)19-24-21(29-26-19)22(13-3-2-4-14-22)25-20(27)16-5-9-17(23)10-6-16/h5-12H,2-4,13-14H2,1H3,(H,25,27). The number of carbonyl (C=O) groups is 1. The van der Waals surface area contributed by atoms with Crippen molar-refractivity contribution in [3.05, 3.63) is 65.8 Å². The van der Waals surface area contributed by atoms with Gasteiger partial charge in [0.25, 0.3) is 11.8 Å². The van der Waals surface area contributed by atoms with E-state index in [4.69, 9.17) is 9.26 Å². The molecule has 1 fully saturated rings. The van der Waals surface area contributed by atoms with E-state index in [0.29, 0.717) is 30.1 Å². The first-order valence-electron chi connectivity index (χ1n) is 9.66. The first-order chi connectivity index (χ1) is 14.1. The molecule has 1 aromatic heterocycles. The smallest absolute Gasteiger partial charge is 0.252 e. The Balaban J connectivity index is 1.61. The molecule has 2 aromatic carbocycles. The third kappa shape index (κ3) is 3.99. The molecule has 1 aliphatic carbocycles. The number of methoxy groups -OCH3 is 1. The van der Waals surface area contributed by atoms with Crippen molar-refractivity contribution in [2.45, 2.75) is 37.6 Å². The van der Waals surface area contributed by atoms with E-state index in [9.17, 15) is 9.18 Å². The molecule has 3 aromatic rings. The van der Waals surface area contributed by atoms with Gasteiger partial charge in [-0.05, 0) is 61.4 Å². The van der Waals surface area contributed by atoms with Crippen molar-refractivity contribution in [2.75, 3.05) is 7.11 Å². The third-order valence-electron chi connectivity index (χ3n) is 5.35. The lowest BCUT2D eigenvalue weighted by Crippen LogP contribution is -2.47. The number of amides is 1. The molecule has 0 unspecified atom stereocenters. The van der Waals surface area contributed by atoms with E-state index in [1.165, 1.54) is 24.3 Å². The highest BCUT2D eigenvalue weighted by molar-refractivity contribution is 5.94. The monoisotopic (exact) mass is 395 g/mol. The molecule has 0 saturated heterocycles. The molecule has 1 N–H and O–H groups in total. The average Bonchev–Trinajstić information content (AvgIpc) is 3.26. The number of rotatable bonds is 5. The first-order valence-corrected chi connectivity index (χ1v) is 9.66. The van der Waals surface area contributed by atoms with Gasteiger partial charge in [0, 0.05) is 11.1 Å². The molecule has 7 heteroatoms. The van der Waals surface area contributed by atoms with E-state index in [-0.39, 0.29) is 11.7 Å². The molecule has 0 bridgehead atoms. The third-order valence-corrected chi connectivity index (χ3v) is 5.35. The number of benzene rings is 2. The minimum atomic E-state index is -0.721. The predicted octanol–water partition coefficient (Wildman–Crippen LogP) is 4.47. The van der Waals surface area contributed by atoms with Crippen LogP contribution in [-0.2, 0) is 5.54 Å². The van der Waals surface area contributed by atoms with Gasteiger partial charge in [0.2, 0.25) is 5.82 Å². The van der Waals surface area contributed by atoms with Crippen LogP contribution in [0.5, 0.6) is 5.75 Å². The summed E-state index contributed by atoms with van der Waals surface area (Å²) in [7, 11) is 1.61. The molecular formula is C22H22FN3O3. The number of halogens is 1. The molecule has 4 rings (SSSR count). The summed E-state index contributed by atoms with van der Waals surface area (Å²) in [5.41, 5.74) is 0.476. The van der Waals surface area contributed by atoms with Crippen LogP contribution in [-0.4, -0.2) is 23.2 Å². The Morgan fingerprint density at radius 2 is 1.76 bits per heavy atom. The van der Waals surface area contributed by atoms with Crippen LogP contribution in [0.15, 0.2) is 53.1 Å². The van der Waals surface area contributed by atoms with Crippen LogP contribution in [0, 0.1) is 5.82 Å². The van der Waals surface area contributed by atoms with Gasteiger partial charge in [-0.15, -0.1) is 0 Å². The molecule has 1 aliphatic rings. The molecule has 0 radical (unpaired) electrons. The molecule has 0 spiro atoms. The highest BCUT2D eigenvalue weighted by Gasteiger charge is 2.41. The van der Waals surface area contributed by atoms with Gasteiger partial charge in [-0.3, -0.25) is 4.79 Å². The zero-order chi connectivity index (χ0) is 20.3. The molecule has 1 saturated carbocycles. The van der Waals surface area contributed by atoms with Crippen molar-refractivity contribution in [2.24, 2.45) is 0 Å². The summed E-state index contributed by atoms with van der Waals surface area (Å²) in [6.07, 6.45) is 4.41. The van der Waals surface area contributed by atoms with E-state index < -0.39 is 5.54 Å². The Morgan fingerprint density at radius 1 is 1.07 bits per heavy atom. The summed E-state index contributed by atoms with van der Waals surface area (Å²) in [6.45, 7) is 0. The summed E-state index contributed by atoms with van der Waals surface area (Å²) >= 11 is 0. The fourth-order valence-corrected chi connectivity index (χ4v) is 3.71. The van der Waals surface area contributed by atoms with E-state index in [0.717, 1.165) is 30.6 Å². The Kier molecular flexibility index (Phi) is 5.29. The lowest BCUT2D eigenvalue weighted by atomic mass is 9.81. The molecule has 150 valence electrons. The van der Waals surface area contributed by atoms with Crippen LogP contribution in [0.25, 0.3) is 11.4 Å². The van der Waals surface area contributed by atoms with Crippen LogP contribution >= 0.6 is 0 Å². The summed E-state index contributed by atoms with van der Waals surface area (Å²) in [5.74, 6) is 0.945. The van der Waals surface area contributed by atoms with Crippen LogP contribution in [0.1, 0.15) is 48.4 Å². The second-order valence-corrected chi connectivity index (χ2v) is 7.26. The van der Waals surface area contributed by atoms with Crippen LogP contribution in [0.2, 0.25) is 0 Å². The van der Waals surface area contributed by atoms with Crippen molar-refractivity contribution >= 4 is 5.91 Å². The molecule has 0 aliphatic heterocycles. The number of nitrogens with zero attached hydrogens (tertiary/aromatic N) is 2. The maximum atomic E-state index is 13.2. The lowest BCUT2D eigenvalue weighted by Gasteiger charge is -2.34. The minimum Gasteiger partial charge on any atom is -0.497 e. The van der Waals surface area contributed by atoms with Gasteiger partial charge in [0.05, 0.1) is 7.11 Å². The van der Waals surface area contributed by atoms with Crippen LogP contribution in [0.4, 0.5) is 4.39 Å². The van der Waals surface area contributed by atoms with Crippen LogP contribution < -0.4 is 10.1 Å². The second kappa shape index (κ2) is 8.03. The number of hydrogen-bond donors (Lipinski definition) is 1. The predicted molar refractivity (Wildman–Crippen MR) is 105 cm³/mol. The lowest BCUT2D eigenvalue weighted by molar-refractivity contribution is 0.0824. The van der Waals surface area contributed by atoms with Gasteiger partial charge in [0.1, 0.15) is 17.1 Å². The summed E-state index contributed by atoms with van der Waals surface area (Å²) in [5, 5.41) is 7.22. The maximum absolute atomic E-state index is 13.2. The van der Waals surface area contributed by atoms with E-state index in [1.54, 1.807) is 7.11 Å². The largest absolute Gasteiger partial charge is 0.497 e. The molecule has 29 heavy (non-hydrogen) atoms. The topological polar surface area (TPSA) is 77.3 Å². The normalized spacial score (nSPS) is 15.7. The van der Waals surface area contributed by atoms with E-state index in [2.05, 4.69) is 15.5 Å². The molecular weight excluding hydrogens is 373 g/mol. The minimum absolute atomic E-state index is 0.281. The van der Waals surface area contributed by atoms with E-state index in [1.807, 2.05) is 24.3 Å². The van der Waals surface area contributed by atoms with Crippen molar-refractivity contribution in [3.63, 3.8) is 0 Å². The van der Waals surface area contributed by atoms with Crippen LogP contribution in [0.3, 0.4) is 0 Å². The van der Waals surface area contributed by atoms with Gasteiger partial charge in [-0.2, -0.15) is 4.98 Å². The van der Waals surface area contributed by atoms with E-state index >= 15 is 0 Å². The Labute approximate surface area is 168 Å². The molecule has 1 heterocycles. The van der Waals surface area contributed by atoms with Gasteiger partial charge in [-0.1, -0.05) is 24.4 Å². The van der Waals surface area contributed by atoms with Crippen molar-refractivity contribution < 1.29 is 18.4 Å². The number of nitrogens with one attached hydrogen (secondary N) is 1. The summed E-state index contributed by atoms with van der Waals surface area (Å²) < 4.78 is 24.0. The first kappa shape index (κ1) is 19.1. The summed E-state index contributed by atoms with van der Waals surface area (Å²) in [4.78, 5) is 17.4. The average molecular weight is 395 g/mol. The zero-order valence-electron chi connectivity index (χ0n) is 16.2. The van der Waals surface area contributed by atoms with Gasteiger partial charge < -0.3 is 14.6 Å². The Hall–Kier alpha value is -3.22. The SMILES string of the molecule is COc1ccc(-c2noc(C3(NC(=O)c4ccc(F)cc4)CCCCC3)n2)cc1. The number of aromatic nitrogens is 2. The fraction of sp³-hybridized carbons (Fsp3) is 0.318. The van der Waals surface area contributed by atoms with Gasteiger partial charge in [-0.25, -0.2) is 4.39 Å². The molecule has 1 amide bonds. The second-order valence-electron chi connectivity index (χ2n) is 7.26. The fourth-order valence-electron chi connectivity index (χ4n) is 3.71. The molecule has 6 nitrogen and oxygen atoms in total. The zero-order valence-corrected chi connectivity index (χ0v) is 16.2. The Morgan fingerprint density at radius 3 is 2.41 bits per heavy atom. The van der Waals surface area contributed by atoms with Crippen molar-refractivity contribution in [1.82, 2.24) is 15.5 Å². The quantitative estimate of drug-likeness (QED) is 0.690. The highest BCUT2D eigenvalue weighted by atomic mass is 19.1. The van der Waals surface area contributed by atoms with Crippen molar-refractivity contribution in [3.8, 4) is 17.1 Å². The summed E-state index contributed by atoms with van der Waals surface area (Å²) in [6, 6.07) is 12.9. The number of carbonyl (C=O) groups excluding carboxylic acids is 1. The van der Waals surface area contributed by atoms with Gasteiger partial charge >= 0.3 is 0 Å². The van der Waals surface area contributed by atoms with Gasteiger partial charge in [0.15, 0.2) is 0 Å². The number of ether oxygens (including phenoxy) is 1. The highest BCUT2D eigenvalue weighted by Crippen LogP contribution is 2.37. The maximum Gasteiger partial charge on any atom is 0.252 e.